The van der Waals surface area contributed by atoms with Crippen LogP contribution in [-0.2, 0) is 22.6 Å². The number of halogens is 2. The van der Waals surface area contributed by atoms with Gasteiger partial charge in [0.25, 0.3) is 0 Å². The molecule has 0 spiro atoms. The van der Waals surface area contributed by atoms with Crippen molar-refractivity contribution < 1.29 is 9.59 Å². The molecule has 1 N–H and O–H groups in total. The van der Waals surface area contributed by atoms with Crippen molar-refractivity contribution in [3.05, 3.63) is 100 Å². The summed E-state index contributed by atoms with van der Waals surface area (Å²) >= 11 is 14.2. The first-order chi connectivity index (χ1) is 16.8. The van der Waals surface area contributed by atoms with Crippen molar-refractivity contribution in [2.24, 2.45) is 0 Å². The van der Waals surface area contributed by atoms with Crippen LogP contribution < -0.4 is 5.32 Å². The molecule has 0 bridgehead atoms. The molecule has 4 nitrogen and oxygen atoms in total. The number of amides is 2. The van der Waals surface area contributed by atoms with Crippen LogP contribution in [0.3, 0.4) is 0 Å². The van der Waals surface area contributed by atoms with Crippen molar-refractivity contribution >= 4 is 46.8 Å². The van der Waals surface area contributed by atoms with Crippen LogP contribution >= 0.6 is 35.0 Å². The number of carbonyl (C=O) groups is 2. The van der Waals surface area contributed by atoms with Gasteiger partial charge >= 0.3 is 0 Å². The number of hydrogen-bond donors (Lipinski definition) is 1. The molecule has 7 heteroatoms. The van der Waals surface area contributed by atoms with Gasteiger partial charge in [-0.1, -0.05) is 77.8 Å². The number of thioether (sulfide) groups is 1. The lowest BCUT2D eigenvalue weighted by Crippen LogP contribution is -2.51. The average molecular weight is 530 g/mol. The van der Waals surface area contributed by atoms with E-state index < -0.39 is 6.04 Å². The highest BCUT2D eigenvalue weighted by Crippen LogP contribution is 2.25. The van der Waals surface area contributed by atoms with Gasteiger partial charge in [0, 0.05) is 46.1 Å². The molecule has 0 heterocycles. The summed E-state index contributed by atoms with van der Waals surface area (Å²) in [5.41, 5.74) is 1.73. The van der Waals surface area contributed by atoms with Crippen LogP contribution in [-0.4, -0.2) is 34.6 Å². The van der Waals surface area contributed by atoms with Crippen LogP contribution in [0.15, 0.2) is 83.8 Å². The van der Waals surface area contributed by atoms with E-state index in [-0.39, 0.29) is 24.4 Å². The molecule has 0 unspecified atom stereocenters. The molecular weight excluding hydrogens is 499 g/mol. The Balaban J connectivity index is 1.88. The predicted molar refractivity (Wildman–Crippen MR) is 146 cm³/mol. The molecule has 1 atom stereocenters. The molecule has 3 rings (SSSR count). The second kappa shape index (κ2) is 13.6. The van der Waals surface area contributed by atoms with Gasteiger partial charge in [-0.05, 0) is 49.2 Å². The zero-order valence-electron chi connectivity index (χ0n) is 19.9. The maximum Gasteiger partial charge on any atom is 0.243 e. The summed E-state index contributed by atoms with van der Waals surface area (Å²) in [7, 11) is 0. The molecule has 35 heavy (non-hydrogen) atoms. The van der Waals surface area contributed by atoms with Gasteiger partial charge in [-0.3, -0.25) is 9.59 Å². The third-order valence-electron chi connectivity index (χ3n) is 5.39. The topological polar surface area (TPSA) is 49.4 Å². The number of carbonyl (C=O) groups excluding carboxylic acids is 2. The molecule has 0 aliphatic heterocycles. The molecular formula is C28H30Cl2N2O2S. The van der Waals surface area contributed by atoms with E-state index in [1.54, 1.807) is 28.8 Å². The summed E-state index contributed by atoms with van der Waals surface area (Å²) in [5.74, 6) is 0.328. The molecule has 0 saturated carbocycles. The van der Waals surface area contributed by atoms with Gasteiger partial charge in [-0.2, -0.15) is 0 Å². The maximum atomic E-state index is 13.6. The first-order valence-corrected chi connectivity index (χ1v) is 13.3. The van der Waals surface area contributed by atoms with E-state index in [0.717, 1.165) is 16.0 Å². The Bertz CT molecular complexity index is 1110. The molecule has 0 saturated heterocycles. The first-order valence-electron chi connectivity index (χ1n) is 11.6. The molecule has 0 aromatic heterocycles. The Hall–Kier alpha value is -2.47. The van der Waals surface area contributed by atoms with E-state index >= 15 is 0 Å². The van der Waals surface area contributed by atoms with Gasteiger partial charge in [0.15, 0.2) is 0 Å². The standard InChI is InChI=1S/C28H30Cl2N2O2S/c1-20(2)31-28(34)26(17-21-9-5-3-6-10-21)32(19-22-13-14-23(29)18-25(22)30)27(33)15-16-35-24-11-7-4-8-12-24/h3-14,18,20,26H,15-17,19H2,1-2H3,(H,31,34)/t26-/m1/s1. The Morgan fingerprint density at radius 1 is 0.943 bits per heavy atom. The highest BCUT2D eigenvalue weighted by Gasteiger charge is 2.31. The Labute approximate surface area is 222 Å². The maximum absolute atomic E-state index is 13.6. The molecule has 0 radical (unpaired) electrons. The van der Waals surface area contributed by atoms with Crippen LogP contribution in [0.4, 0.5) is 0 Å². The van der Waals surface area contributed by atoms with Crippen molar-refractivity contribution in [1.82, 2.24) is 10.2 Å². The Kier molecular flexibility index (Phi) is 10.5. The van der Waals surface area contributed by atoms with E-state index in [0.29, 0.717) is 28.6 Å². The highest BCUT2D eigenvalue weighted by atomic mass is 35.5. The largest absolute Gasteiger partial charge is 0.352 e. The van der Waals surface area contributed by atoms with Gasteiger partial charge in [0.05, 0.1) is 0 Å². The summed E-state index contributed by atoms with van der Waals surface area (Å²) in [4.78, 5) is 29.7. The molecule has 0 aliphatic rings. The van der Waals surface area contributed by atoms with Crippen molar-refractivity contribution in [2.75, 3.05) is 5.75 Å². The van der Waals surface area contributed by atoms with Gasteiger partial charge < -0.3 is 10.2 Å². The fourth-order valence-corrected chi connectivity index (χ4v) is 5.01. The van der Waals surface area contributed by atoms with Crippen LogP contribution in [0.2, 0.25) is 10.0 Å². The average Bonchev–Trinajstić information content (AvgIpc) is 2.83. The minimum Gasteiger partial charge on any atom is -0.352 e. The smallest absolute Gasteiger partial charge is 0.243 e. The lowest BCUT2D eigenvalue weighted by Gasteiger charge is -2.32. The van der Waals surface area contributed by atoms with Gasteiger partial charge in [0.2, 0.25) is 11.8 Å². The lowest BCUT2D eigenvalue weighted by atomic mass is 10.0. The number of benzene rings is 3. The SMILES string of the molecule is CC(C)NC(=O)[C@@H](Cc1ccccc1)N(Cc1ccc(Cl)cc1Cl)C(=O)CCSc1ccccc1. The fourth-order valence-electron chi connectivity index (χ4n) is 3.68. The zero-order chi connectivity index (χ0) is 25.2. The number of nitrogens with one attached hydrogen (secondary N) is 1. The van der Waals surface area contributed by atoms with Crippen molar-refractivity contribution in [3.63, 3.8) is 0 Å². The van der Waals surface area contributed by atoms with Crippen molar-refractivity contribution in [1.29, 1.82) is 0 Å². The fraction of sp³-hybridized carbons (Fsp3) is 0.286. The molecule has 0 aliphatic carbocycles. The molecule has 3 aromatic rings. The first kappa shape index (κ1) is 27.1. The van der Waals surface area contributed by atoms with Crippen LogP contribution in [0.1, 0.15) is 31.4 Å². The monoisotopic (exact) mass is 528 g/mol. The zero-order valence-corrected chi connectivity index (χ0v) is 22.2. The Morgan fingerprint density at radius 2 is 1.60 bits per heavy atom. The molecule has 184 valence electrons. The van der Waals surface area contributed by atoms with E-state index in [1.807, 2.05) is 80.6 Å². The van der Waals surface area contributed by atoms with Crippen LogP contribution in [0.25, 0.3) is 0 Å². The van der Waals surface area contributed by atoms with Crippen molar-refractivity contribution in [2.45, 2.75) is 50.2 Å². The lowest BCUT2D eigenvalue weighted by molar-refractivity contribution is -0.141. The summed E-state index contributed by atoms with van der Waals surface area (Å²) < 4.78 is 0. The normalized spacial score (nSPS) is 11.8. The minimum atomic E-state index is -0.680. The van der Waals surface area contributed by atoms with E-state index in [4.69, 9.17) is 23.2 Å². The van der Waals surface area contributed by atoms with Gasteiger partial charge in [0.1, 0.15) is 6.04 Å². The number of rotatable bonds is 11. The summed E-state index contributed by atoms with van der Waals surface area (Å²) in [5, 5.41) is 3.99. The Morgan fingerprint density at radius 3 is 2.23 bits per heavy atom. The second-order valence-electron chi connectivity index (χ2n) is 8.54. The predicted octanol–water partition coefficient (Wildman–Crippen LogP) is 6.64. The highest BCUT2D eigenvalue weighted by molar-refractivity contribution is 7.99. The quantitative estimate of drug-likeness (QED) is 0.283. The van der Waals surface area contributed by atoms with Crippen LogP contribution in [0, 0.1) is 0 Å². The third kappa shape index (κ3) is 8.60. The number of nitrogens with zero attached hydrogens (tertiary/aromatic N) is 1. The van der Waals surface area contributed by atoms with Gasteiger partial charge in [-0.25, -0.2) is 0 Å². The van der Waals surface area contributed by atoms with E-state index in [9.17, 15) is 9.59 Å². The second-order valence-corrected chi connectivity index (χ2v) is 10.5. The van der Waals surface area contributed by atoms with Crippen LogP contribution in [0.5, 0.6) is 0 Å². The van der Waals surface area contributed by atoms with Crippen molar-refractivity contribution in [3.8, 4) is 0 Å². The minimum absolute atomic E-state index is 0.0505. The summed E-state index contributed by atoms with van der Waals surface area (Å²) in [6.07, 6.45) is 0.702. The third-order valence-corrected chi connectivity index (χ3v) is 6.99. The summed E-state index contributed by atoms with van der Waals surface area (Å²) in [6, 6.07) is 24.2. The summed E-state index contributed by atoms with van der Waals surface area (Å²) in [6.45, 7) is 4.04. The molecule has 2 amide bonds. The molecule has 0 fully saturated rings. The van der Waals surface area contributed by atoms with Gasteiger partial charge in [-0.15, -0.1) is 11.8 Å². The van der Waals surface area contributed by atoms with E-state index in [1.165, 1.54) is 0 Å². The number of hydrogen-bond acceptors (Lipinski definition) is 3. The molecule has 3 aromatic carbocycles. The van der Waals surface area contributed by atoms with E-state index in [2.05, 4.69) is 5.32 Å².